The SMILES string of the molecule is CN=C(NCc1cccc(NC(=O)N2CCCC2)c1)NCc1ccc(OC)cc1OC.I. The molecule has 0 aliphatic carbocycles. The minimum absolute atomic E-state index is 0. The maximum absolute atomic E-state index is 12.3. The molecule has 0 radical (unpaired) electrons. The van der Waals surface area contributed by atoms with Crippen molar-refractivity contribution in [1.82, 2.24) is 15.5 Å². The quantitative estimate of drug-likeness (QED) is 0.276. The number of aliphatic imine (C=N–C) groups is 1. The minimum Gasteiger partial charge on any atom is -0.497 e. The monoisotopic (exact) mass is 553 g/mol. The summed E-state index contributed by atoms with van der Waals surface area (Å²) in [6, 6.07) is 13.5. The van der Waals surface area contributed by atoms with E-state index < -0.39 is 0 Å². The summed E-state index contributed by atoms with van der Waals surface area (Å²) in [5.74, 6) is 2.17. The number of carbonyl (C=O) groups is 1. The van der Waals surface area contributed by atoms with Crippen molar-refractivity contribution in [1.29, 1.82) is 0 Å². The van der Waals surface area contributed by atoms with Gasteiger partial charge in [0.25, 0.3) is 0 Å². The number of guanidine groups is 1. The molecule has 1 heterocycles. The molecule has 0 unspecified atom stereocenters. The van der Waals surface area contributed by atoms with E-state index in [1.807, 2.05) is 47.4 Å². The van der Waals surface area contributed by atoms with Gasteiger partial charge in [-0.25, -0.2) is 4.79 Å². The molecule has 32 heavy (non-hydrogen) atoms. The molecule has 0 aromatic heterocycles. The molecule has 1 fully saturated rings. The van der Waals surface area contributed by atoms with Gasteiger partial charge in [0.2, 0.25) is 0 Å². The Morgan fingerprint density at radius 1 is 1.03 bits per heavy atom. The fourth-order valence-corrected chi connectivity index (χ4v) is 3.47. The second-order valence-electron chi connectivity index (χ2n) is 7.28. The van der Waals surface area contributed by atoms with Crippen molar-refractivity contribution < 1.29 is 14.3 Å². The number of ether oxygens (including phenoxy) is 2. The van der Waals surface area contributed by atoms with Crippen molar-refractivity contribution in [2.75, 3.05) is 39.7 Å². The molecular formula is C23H32IN5O3. The second-order valence-corrected chi connectivity index (χ2v) is 7.28. The Labute approximate surface area is 206 Å². The highest BCUT2D eigenvalue weighted by atomic mass is 127. The van der Waals surface area contributed by atoms with Crippen LogP contribution in [0.15, 0.2) is 47.5 Å². The van der Waals surface area contributed by atoms with E-state index >= 15 is 0 Å². The lowest BCUT2D eigenvalue weighted by atomic mass is 10.2. The second kappa shape index (κ2) is 13.0. The number of amides is 2. The summed E-state index contributed by atoms with van der Waals surface area (Å²) in [5, 5.41) is 9.58. The van der Waals surface area contributed by atoms with Crippen LogP contribution in [-0.2, 0) is 13.1 Å². The Balaban J connectivity index is 0.00000363. The van der Waals surface area contributed by atoms with E-state index in [1.54, 1.807) is 21.3 Å². The van der Waals surface area contributed by atoms with E-state index in [1.165, 1.54) is 0 Å². The number of hydrogen-bond donors (Lipinski definition) is 3. The zero-order valence-electron chi connectivity index (χ0n) is 18.8. The normalized spacial score (nSPS) is 13.2. The topological polar surface area (TPSA) is 87.2 Å². The van der Waals surface area contributed by atoms with Gasteiger partial charge in [-0.1, -0.05) is 12.1 Å². The van der Waals surface area contributed by atoms with Crippen molar-refractivity contribution in [2.45, 2.75) is 25.9 Å². The van der Waals surface area contributed by atoms with Gasteiger partial charge < -0.3 is 30.3 Å². The molecule has 2 aromatic carbocycles. The number of halogens is 1. The maximum atomic E-state index is 12.3. The molecule has 9 heteroatoms. The van der Waals surface area contributed by atoms with Gasteiger partial charge in [0.05, 0.1) is 14.2 Å². The average molecular weight is 553 g/mol. The zero-order chi connectivity index (χ0) is 22.1. The van der Waals surface area contributed by atoms with E-state index in [4.69, 9.17) is 9.47 Å². The molecule has 2 aromatic rings. The molecule has 1 aliphatic heterocycles. The number of benzene rings is 2. The van der Waals surface area contributed by atoms with Gasteiger partial charge in [-0.2, -0.15) is 0 Å². The van der Waals surface area contributed by atoms with Crippen LogP contribution in [-0.4, -0.2) is 51.2 Å². The first-order valence-electron chi connectivity index (χ1n) is 10.4. The predicted molar refractivity (Wildman–Crippen MR) is 138 cm³/mol. The van der Waals surface area contributed by atoms with E-state index in [2.05, 4.69) is 20.9 Å². The number of urea groups is 1. The molecule has 0 saturated carbocycles. The maximum Gasteiger partial charge on any atom is 0.321 e. The number of hydrogen-bond acceptors (Lipinski definition) is 4. The summed E-state index contributed by atoms with van der Waals surface area (Å²) < 4.78 is 10.7. The molecule has 174 valence electrons. The molecule has 1 saturated heterocycles. The molecular weight excluding hydrogens is 521 g/mol. The van der Waals surface area contributed by atoms with Crippen molar-refractivity contribution >= 4 is 41.7 Å². The number of nitrogens with zero attached hydrogens (tertiary/aromatic N) is 2. The van der Waals surface area contributed by atoms with Gasteiger partial charge >= 0.3 is 6.03 Å². The van der Waals surface area contributed by atoms with Crippen LogP contribution >= 0.6 is 24.0 Å². The summed E-state index contributed by atoms with van der Waals surface area (Å²) >= 11 is 0. The number of methoxy groups -OCH3 is 2. The summed E-state index contributed by atoms with van der Waals surface area (Å²) in [6.45, 7) is 2.79. The Bertz CT molecular complexity index is 916. The third-order valence-electron chi connectivity index (χ3n) is 5.20. The number of carbonyl (C=O) groups excluding carboxylic acids is 1. The Kier molecular flexibility index (Phi) is 10.4. The Hall–Kier alpha value is -2.69. The standard InChI is InChI=1S/C23H31N5O3.HI/c1-24-22(26-16-18-9-10-20(30-2)14-21(18)31-3)25-15-17-7-6-8-19(13-17)27-23(29)28-11-4-5-12-28;/h6-10,13-14H,4-5,11-12,15-16H2,1-3H3,(H,27,29)(H2,24,25,26);1H. The van der Waals surface area contributed by atoms with E-state index in [0.29, 0.717) is 19.0 Å². The Morgan fingerprint density at radius 3 is 2.47 bits per heavy atom. The molecule has 3 rings (SSSR count). The smallest absolute Gasteiger partial charge is 0.321 e. The fraction of sp³-hybridized carbons (Fsp3) is 0.391. The summed E-state index contributed by atoms with van der Waals surface area (Å²) in [6.07, 6.45) is 2.15. The van der Waals surface area contributed by atoms with E-state index in [-0.39, 0.29) is 30.0 Å². The van der Waals surface area contributed by atoms with Crippen LogP contribution in [0.3, 0.4) is 0 Å². The summed E-state index contributed by atoms with van der Waals surface area (Å²) in [4.78, 5) is 18.4. The van der Waals surface area contributed by atoms with Crippen LogP contribution in [0.5, 0.6) is 11.5 Å². The number of nitrogens with one attached hydrogen (secondary N) is 3. The predicted octanol–water partition coefficient (Wildman–Crippen LogP) is 3.81. The lowest BCUT2D eigenvalue weighted by molar-refractivity contribution is 0.222. The highest BCUT2D eigenvalue weighted by Gasteiger charge is 2.17. The first kappa shape index (κ1) is 25.6. The van der Waals surface area contributed by atoms with Gasteiger partial charge in [-0.15, -0.1) is 24.0 Å². The van der Waals surface area contributed by atoms with E-state index in [0.717, 1.165) is 54.2 Å². The lowest BCUT2D eigenvalue weighted by Gasteiger charge is -2.17. The van der Waals surface area contributed by atoms with Gasteiger partial charge in [0.15, 0.2) is 5.96 Å². The fourth-order valence-electron chi connectivity index (χ4n) is 3.47. The summed E-state index contributed by atoms with van der Waals surface area (Å²) in [7, 11) is 5.00. The van der Waals surface area contributed by atoms with Crippen molar-refractivity contribution in [2.24, 2.45) is 4.99 Å². The third-order valence-corrected chi connectivity index (χ3v) is 5.20. The highest BCUT2D eigenvalue weighted by Crippen LogP contribution is 2.24. The minimum atomic E-state index is -0.0338. The van der Waals surface area contributed by atoms with Gasteiger partial charge in [-0.05, 0) is 42.7 Å². The van der Waals surface area contributed by atoms with Gasteiger partial charge in [0.1, 0.15) is 11.5 Å². The highest BCUT2D eigenvalue weighted by molar-refractivity contribution is 14.0. The van der Waals surface area contributed by atoms with Crippen LogP contribution in [0.2, 0.25) is 0 Å². The van der Waals surface area contributed by atoms with Crippen LogP contribution in [0.25, 0.3) is 0 Å². The molecule has 3 N–H and O–H groups in total. The summed E-state index contributed by atoms with van der Waals surface area (Å²) in [5.41, 5.74) is 2.84. The van der Waals surface area contributed by atoms with E-state index in [9.17, 15) is 4.79 Å². The lowest BCUT2D eigenvalue weighted by Crippen LogP contribution is -2.36. The molecule has 0 atom stereocenters. The molecule has 1 aliphatic rings. The molecule has 0 bridgehead atoms. The van der Waals surface area contributed by atoms with Crippen LogP contribution in [0.4, 0.5) is 10.5 Å². The first-order chi connectivity index (χ1) is 15.1. The molecule has 2 amide bonds. The van der Waals surface area contributed by atoms with Crippen molar-refractivity contribution in [3.8, 4) is 11.5 Å². The van der Waals surface area contributed by atoms with Crippen molar-refractivity contribution in [3.05, 3.63) is 53.6 Å². The zero-order valence-corrected chi connectivity index (χ0v) is 21.1. The van der Waals surface area contributed by atoms with Gasteiger partial charge in [0, 0.05) is 50.5 Å². The van der Waals surface area contributed by atoms with Gasteiger partial charge in [-0.3, -0.25) is 4.99 Å². The number of anilines is 1. The average Bonchev–Trinajstić information content (AvgIpc) is 3.34. The van der Waals surface area contributed by atoms with Crippen LogP contribution < -0.4 is 25.4 Å². The third kappa shape index (κ3) is 7.18. The Morgan fingerprint density at radius 2 is 1.78 bits per heavy atom. The van der Waals surface area contributed by atoms with Crippen molar-refractivity contribution in [3.63, 3.8) is 0 Å². The molecule has 0 spiro atoms. The van der Waals surface area contributed by atoms with Crippen LogP contribution in [0, 0.1) is 0 Å². The number of likely N-dealkylation sites (tertiary alicyclic amines) is 1. The molecule has 8 nitrogen and oxygen atoms in total. The van der Waals surface area contributed by atoms with Crippen LogP contribution in [0.1, 0.15) is 24.0 Å². The number of rotatable bonds is 7. The largest absolute Gasteiger partial charge is 0.497 e. The first-order valence-corrected chi connectivity index (χ1v) is 10.4.